The fourth-order valence-electron chi connectivity index (χ4n) is 3.17. The van der Waals surface area contributed by atoms with Gasteiger partial charge in [-0.1, -0.05) is 24.6 Å². The smallest absolute Gasteiger partial charge is 0.261 e. The Labute approximate surface area is 170 Å². The van der Waals surface area contributed by atoms with Gasteiger partial charge in [-0.2, -0.15) is 0 Å². The fourth-order valence-corrected chi connectivity index (χ4v) is 4.44. The van der Waals surface area contributed by atoms with Crippen molar-refractivity contribution in [2.24, 2.45) is 5.92 Å². The average molecular weight is 423 g/mol. The van der Waals surface area contributed by atoms with Crippen LogP contribution < -0.4 is 9.46 Å². The molecule has 150 valence electrons. The predicted molar refractivity (Wildman–Crippen MR) is 110 cm³/mol. The second-order valence-corrected chi connectivity index (χ2v) is 9.07. The summed E-state index contributed by atoms with van der Waals surface area (Å²) in [4.78, 5) is 14.7. The molecule has 2 aromatic carbocycles. The van der Waals surface area contributed by atoms with E-state index in [1.54, 1.807) is 23.1 Å². The summed E-state index contributed by atoms with van der Waals surface area (Å²) < 4.78 is 33.4. The maximum atomic E-state index is 13.0. The van der Waals surface area contributed by atoms with Crippen LogP contribution in [0.3, 0.4) is 0 Å². The Kier molecular flexibility index (Phi) is 6.15. The monoisotopic (exact) mass is 422 g/mol. The van der Waals surface area contributed by atoms with Crippen LogP contribution in [-0.2, 0) is 10.0 Å². The van der Waals surface area contributed by atoms with Gasteiger partial charge in [-0.3, -0.25) is 9.52 Å². The van der Waals surface area contributed by atoms with Crippen molar-refractivity contribution in [2.45, 2.75) is 24.7 Å². The highest BCUT2D eigenvalue weighted by Crippen LogP contribution is 2.27. The summed E-state index contributed by atoms with van der Waals surface area (Å²) in [6.45, 7) is 3.47. The molecule has 1 aliphatic heterocycles. The third kappa shape index (κ3) is 4.59. The van der Waals surface area contributed by atoms with E-state index in [9.17, 15) is 13.2 Å². The van der Waals surface area contributed by atoms with Crippen molar-refractivity contribution in [1.29, 1.82) is 0 Å². The number of halogens is 1. The molecule has 0 bridgehead atoms. The van der Waals surface area contributed by atoms with Gasteiger partial charge in [0.25, 0.3) is 15.9 Å². The summed E-state index contributed by atoms with van der Waals surface area (Å²) >= 11 is 5.92. The summed E-state index contributed by atoms with van der Waals surface area (Å²) in [6.07, 6.45) is 1.87. The van der Waals surface area contributed by atoms with Crippen molar-refractivity contribution in [1.82, 2.24) is 4.90 Å². The summed E-state index contributed by atoms with van der Waals surface area (Å²) in [5.74, 6) is 0.716. The van der Waals surface area contributed by atoms with Crippen LogP contribution in [-0.4, -0.2) is 39.4 Å². The highest BCUT2D eigenvalue weighted by atomic mass is 35.5. The first-order chi connectivity index (χ1) is 13.3. The van der Waals surface area contributed by atoms with E-state index >= 15 is 0 Å². The molecule has 0 aliphatic carbocycles. The number of likely N-dealkylation sites (tertiary alicyclic amines) is 1. The summed E-state index contributed by atoms with van der Waals surface area (Å²) in [7, 11) is -2.42. The standard InChI is InChI=1S/C20H23ClN2O4S/c1-14-8-10-23(11-9-14)20(24)18-13-17(6-7-19(18)27-2)28(25,26)22-16-5-3-4-15(21)12-16/h3-7,12-14,22H,8-11H2,1-2H3. The molecule has 1 amide bonds. The van der Waals surface area contributed by atoms with Crippen LogP contribution in [0.1, 0.15) is 30.1 Å². The van der Waals surface area contributed by atoms with Gasteiger partial charge >= 0.3 is 0 Å². The molecular formula is C20H23ClN2O4S. The summed E-state index contributed by atoms with van der Waals surface area (Å²) in [5, 5.41) is 0.421. The highest BCUT2D eigenvalue weighted by Gasteiger charge is 2.26. The Morgan fingerprint density at radius 3 is 2.54 bits per heavy atom. The molecule has 1 N–H and O–H groups in total. The predicted octanol–water partition coefficient (Wildman–Crippen LogP) is 4.02. The van der Waals surface area contributed by atoms with Gasteiger partial charge in [-0.15, -0.1) is 0 Å². The number of hydrogen-bond acceptors (Lipinski definition) is 4. The van der Waals surface area contributed by atoms with Gasteiger partial charge in [0.2, 0.25) is 0 Å². The minimum absolute atomic E-state index is 0.0120. The van der Waals surface area contributed by atoms with Crippen LogP contribution in [0.15, 0.2) is 47.4 Å². The molecule has 1 heterocycles. The lowest BCUT2D eigenvalue weighted by molar-refractivity contribution is 0.0693. The maximum Gasteiger partial charge on any atom is 0.261 e. The number of carbonyl (C=O) groups excluding carboxylic acids is 1. The van der Waals surface area contributed by atoms with Crippen LogP contribution in [0.2, 0.25) is 5.02 Å². The topological polar surface area (TPSA) is 75.7 Å². The zero-order valence-electron chi connectivity index (χ0n) is 15.8. The number of benzene rings is 2. The van der Waals surface area contributed by atoms with E-state index in [1.165, 1.54) is 31.4 Å². The van der Waals surface area contributed by atoms with E-state index in [-0.39, 0.29) is 16.4 Å². The number of nitrogens with zero attached hydrogens (tertiary/aromatic N) is 1. The molecule has 1 fully saturated rings. The molecule has 0 saturated carbocycles. The van der Waals surface area contributed by atoms with E-state index in [1.807, 2.05) is 0 Å². The van der Waals surface area contributed by atoms with E-state index in [0.29, 0.717) is 35.5 Å². The number of anilines is 1. The van der Waals surface area contributed by atoms with Gasteiger partial charge in [-0.05, 0) is 55.2 Å². The number of amides is 1. The third-order valence-corrected chi connectivity index (χ3v) is 6.47. The largest absolute Gasteiger partial charge is 0.496 e. The molecule has 3 rings (SSSR count). The summed E-state index contributed by atoms with van der Waals surface area (Å²) in [5.41, 5.74) is 0.590. The minimum atomic E-state index is -3.89. The zero-order chi connectivity index (χ0) is 20.3. The van der Waals surface area contributed by atoms with Crippen molar-refractivity contribution in [2.75, 3.05) is 24.9 Å². The van der Waals surface area contributed by atoms with Crippen LogP contribution in [0.5, 0.6) is 5.75 Å². The average Bonchev–Trinajstić information content (AvgIpc) is 2.67. The van der Waals surface area contributed by atoms with Crippen molar-refractivity contribution >= 4 is 33.2 Å². The third-order valence-electron chi connectivity index (χ3n) is 4.86. The van der Waals surface area contributed by atoms with Gasteiger partial charge in [0.15, 0.2) is 0 Å². The van der Waals surface area contributed by atoms with Crippen LogP contribution >= 0.6 is 11.6 Å². The number of nitrogens with one attached hydrogen (secondary N) is 1. The Morgan fingerprint density at radius 2 is 1.89 bits per heavy atom. The Bertz CT molecular complexity index is 970. The second-order valence-electron chi connectivity index (χ2n) is 6.95. The van der Waals surface area contributed by atoms with E-state index in [0.717, 1.165) is 12.8 Å². The number of piperidine rings is 1. The lowest BCUT2D eigenvalue weighted by Crippen LogP contribution is -2.38. The van der Waals surface area contributed by atoms with Crippen LogP contribution in [0, 0.1) is 5.92 Å². The highest BCUT2D eigenvalue weighted by molar-refractivity contribution is 7.92. The Morgan fingerprint density at radius 1 is 1.18 bits per heavy atom. The number of hydrogen-bond donors (Lipinski definition) is 1. The number of rotatable bonds is 5. The van der Waals surface area contributed by atoms with E-state index < -0.39 is 10.0 Å². The molecule has 6 nitrogen and oxygen atoms in total. The van der Waals surface area contributed by atoms with Crippen LogP contribution in [0.4, 0.5) is 5.69 Å². The molecule has 8 heteroatoms. The minimum Gasteiger partial charge on any atom is -0.496 e. The maximum absolute atomic E-state index is 13.0. The van der Waals surface area contributed by atoms with E-state index in [2.05, 4.69) is 11.6 Å². The molecule has 0 radical (unpaired) electrons. The SMILES string of the molecule is COc1ccc(S(=O)(=O)Nc2cccc(Cl)c2)cc1C(=O)N1CCC(C)CC1. The van der Waals surface area contributed by atoms with Crippen molar-refractivity contribution in [3.8, 4) is 5.75 Å². The lowest BCUT2D eigenvalue weighted by Gasteiger charge is -2.30. The van der Waals surface area contributed by atoms with Gasteiger partial charge in [0.1, 0.15) is 5.75 Å². The van der Waals surface area contributed by atoms with Crippen LogP contribution in [0.25, 0.3) is 0 Å². The quantitative estimate of drug-likeness (QED) is 0.789. The normalized spacial score (nSPS) is 15.3. The summed E-state index contributed by atoms with van der Waals surface area (Å²) in [6, 6.07) is 10.7. The molecule has 0 atom stereocenters. The first kappa shape index (κ1) is 20.5. The molecular weight excluding hydrogens is 400 g/mol. The molecule has 1 saturated heterocycles. The molecule has 1 aliphatic rings. The Hall–Kier alpha value is -2.25. The molecule has 0 unspecified atom stereocenters. The Balaban J connectivity index is 1.90. The number of methoxy groups -OCH3 is 1. The van der Waals surface area contributed by atoms with Gasteiger partial charge in [0, 0.05) is 18.1 Å². The molecule has 2 aromatic rings. The molecule has 0 spiro atoms. The number of carbonyl (C=O) groups is 1. The number of ether oxygens (including phenoxy) is 1. The van der Waals surface area contributed by atoms with Crippen molar-refractivity contribution in [3.05, 3.63) is 53.1 Å². The second kappa shape index (κ2) is 8.41. The lowest BCUT2D eigenvalue weighted by atomic mass is 9.98. The van der Waals surface area contributed by atoms with Crippen molar-refractivity contribution < 1.29 is 17.9 Å². The zero-order valence-corrected chi connectivity index (χ0v) is 17.4. The van der Waals surface area contributed by atoms with Gasteiger partial charge < -0.3 is 9.64 Å². The first-order valence-electron chi connectivity index (χ1n) is 9.06. The van der Waals surface area contributed by atoms with Crippen molar-refractivity contribution in [3.63, 3.8) is 0 Å². The van der Waals surface area contributed by atoms with Gasteiger partial charge in [-0.25, -0.2) is 8.42 Å². The molecule has 28 heavy (non-hydrogen) atoms. The molecule has 0 aromatic heterocycles. The van der Waals surface area contributed by atoms with Gasteiger partial charge in [0.05, 0.1) is 23.3 Å². The van der Waals surface area contributed by atoms with E-state index in [4.69, 9.17) is 16.3 Å². The first-order valence-corrected chi connectivity index (χ1v) is 10.9. The fraction of sp³-hybridized carbons (Fsp3) is 0.350. The number of sulfonamides is 1.